The minimum absolute atomic E-state index is 0.370. The summed E-state index contributed by atoms with van der Waals surface area (Å²) in [4.78, 5) is 2.40. The van der Waals surface area contributed by atoms with E-state index >= 15 is 0 Å². The maximum absolute atomic E-state index is 10.3. The molecule has 19 heavy (non-hydrogen) atoms. The molecule has 1 unspecified atom stereocenters. The maximum atomic E-state index is 10.3. The Morgan fingerprint density at radius 1 is 1.05 bits per heavy atom. The molecule has 108 valence electrons. The highest BCUT2D eigenvalue weighted by Gasteiger charge is 2.12. The molecule has 0 spiro atoms. The molecule has 0 aliphatic carbocycles. The number of nitrogens with zero attached hydrogens (tertiary/aromatic N) is 1. The number of hydrogen-bond acceptors (Lipinski definition) is 2. The molecular weight excluding hydrogens is 349 g/mol. The third kappa shape index (κ3) is 6.72. The largest absolute Gasteiger partial charge is 0.387 e. The normalized spacial score (nSPS) is 12.9. The van der Waals surface area contributed by atoms with E-state index in [0.29, 0.717) is 0 Å². The lowest BCUT2D eigenvalue weighted by molar-refractivity contribution is 0.111. The Balaban J connectivity index is 2.53. The first-order valence-corrected chi connectivity index (χ1v) is 8.41. The van der Waals surface area contributed by atoms with Gasteiger partial charge in [0.05, 0.1) is 6.10 Å². The van der Waals surface area contributed by atoms with Gasteiger partial charge in [0.1, 0.15) is 0 Å². The predicted molar refractivity (Wildman–Crippen MR) is 90.4 cm³/mol. The number of rotatable bonds is 9. The molecule has 1 atom stereocenters. The van der Waals surface area contributed by atoms with Gasteiger partial charge in [-0.05, 0) is 66.2 Å². The quantitative estimate of drug-likeness (QED) is 0.653. The smallest absolute Gasteiger partial charge is 0.0916 e. The molecule has 1 aromatic carbocycles. The van der Waals surface area contributed by atoms with Crippen molar-refractivity contribution in [3.8, 4) is 0 Å². The number of benzene rings is 1. The standard InChI is InChI=1S/C16H26INO/c1-3-5-11-18(12-6-4-2)13-16(19)14-7-9-15(17)10-8-14/h7-10,16,19H,3-6,11-13H2,1-2H3. The van der Waals surface area contributed by atoms with Crippen molar-refractivity contribution >= 4 is 22.6 Å². The number of aliphatic hydroxyl groups excluding tert-OH is 1. The van der Waals surface area contributed by atoms with Crippen LogP contribution in [0.25, 0.3) is 0 Å². The maximum Gasteiger partial charge on any atom is 0.0916 e. The zero-order chi connectivity index (χ0) is 14.1. The van der Waals surface area contributed by atoms with Crippen molar-refractivity contribution in [2.45, 2.75) is 45.6 Å². The second kappa shape index (κ2) is 9.72. The predicted octanol–water partition coefficient (Wildman–Crippen LogP) is 4.23. The van der Waals surface area contributed by atoms with Gasteiger partial charge in [-0.25, -0.2) is 0 Å². The van der Waals surface area contributed by atoms with Crippen molar-refractivity contribution in [2.24, 2.45) is 0 Å². The van der Waals surface area contributed by atoms with Crippen LogP contribution in [-0.4, -0.2) is 29.6 Å². The SMILES string of the molecule is CCCCN(CCCC)CC(O)c1ccc(I)cc1. The lowest BCUT2D eigenvalue weighted by Crippen LogP contribution is -2.30. The third-order valence-electron chi connectivity index (χ3n) is 3.34. The molecular formula is C16H26INO. The summed E-state index contributed by atoms with van der Waals surface area (Å²) >= 11 is 2.29. The fraction of sp³-hybridized carbons (Fsp3) is 0.625. The van der Waals surface area contributed by atoms with Crippen molar-refractivity contribution in [1.29, 1.82) is 0 Å². The van der Waals surface area contributed by atoms with E-state index in [-0.39, 0.29) is 6.10 Å². The van der Waals surface area contributed by atoms with Crippen LogP contribution >= 0.6 is 22.6 Å². The van der Waals surface area contributed by atoms with Crippen LogP contribution in [0, 0.1) is 3.57 Å². The summed E-state index contributed by atoms with van der Waals surface area (Å²) in [6.07, 6.45) is 4.47. The van der Waals surface area contributed by atoms with Crippen LogP contribution in [0.5, 0.6) is 0 Å². The molecule has 0 amide bonds. The third-order valence-corrected chi connectivity index (χ3v) is 4.06. The second-order valence-corrected chi connectivity index (χ2v) is 6.32. The van der Waals surface area contributed by atoms with Gasteiger partial charge in [-0.15, -0.1) is 0 Å². The first kappa shape index (κ1) is 16.9. The van der Waals surface area contributed by atoms with Crippen molar-refractivity contribution in [3.63, 3.8) is 0 Å². The molecule has 1 aromatic rings. The summed E-state index contributed by atoms with van der Waals surface area (Å²) in [5, 5.41) is 10.3. The number of aliphatic hydroxyl groups is 1. The van der Waals surface area contributed by atoms with Crippen molar-refractivity contribution in [3.05, 3.63) is 33.4 Å². The van der Waals surface area contributed by atoms with E-state index in [4.69, 9.17) is 0 Å². The van der Waals surface area contributed by atoms with E-state index < -0.39 is 0 Å². The molecule has 1 N–H and O–H groups in total. The van der Waals surface area contributed by atoms with Gasteiger partial charge in [0.2, 0.25) is 0 Å². The minimum Gasteiger partial charge on any atom is -0.387 e. The molecule has 0 fully saturated rings. The van der Waals surface area contributed by atoms with E-state index in [0.717, 1.165) is 25.2 Å². The highest BCUT2D eigenvalue weighted by Crippen LogP contribution is 2.16. The van der Waals surface area contributed by atoms with E-state index in [1.54, 1.807) is 0 Å². The highest BCUT2D eigenvalue weighted by molar-refractivity contribution is 14.1. The van der Waals surface area contributed by atoms with Gasteiger partial charge < -0.3 is 10.0 Å². The van der Waals surface area contributed by atoms with Crippen molar-refractivity contribution in [2.75, 3.05) is 19.6 Å². The van der Waals surface area contributed by atoms with Crippen LogP contribution in [0.2, 0.25) is 0 Å². The summed E-state index contributed by atoms with van der Waals surface area (Å²) in [7, 11) is 0. The summed E-state index contributed by atoms with van der Waals surface area (Å²) in [6, 6.07) is 8.18. The van der Waals surface area contributed by atoms with Crippen LogP contribution in [0.15, 0.2) is 24.3 Å². The Morgan fingerprint density at radius 2 is 1.58 bits per heavy atom. The molecule has 1 rings (SSSR count). The zero-order valence-electron chi connectivity index (χ0n) is 12.1. The number of halogens is 1. The van der Waals surface area contributed by atoms with Crippen LogP contribution in [0.4, 0.5) is 0 Å². The molecule has 0 bridgehead atoms. The second-order valence-electron chi connectivity index (χ2n) is 5.08. The van der Waals surface area contributed by atoms with Gasteiger partial charge in [-0.1, -0.05) is 38.8 Å². The van der Waals surface area contributed by atoms with E-state index in [9.17, 15) is 5.11 Å². The fourth-order valence-corrected chi connectivity index (χ4v) is 2.45. The van der Waals surface area contributed by atoms with Gasteiger partial charge in [-0.2, -0.15) is 0 Å². The Hall–Kier alpha value is -0.130. The Bertz CT molecular complexity index is 331. The van der Waals surface area contributed by atoms with Crippen LogP contribution in [-0.2, 0) is 0 Å². The molecule has 0 radical (unpaired) electrons. The lowest BCUT2D eigenvalue weighted by Gasteiger charge is -2.25. The monoisotopic (exact) mass is 375 g/mol. The Labute approximate surface area is 131 Å². The van der Waals surface area contributed by atoms with E-state index in [1.807, 2.05) is 12.1 Å². The number of unbranched alkanes of at least 4 members (excludes halogenated alkanes) is 2. The Morgan fingerprint density at radius 3 is 2.05 bits per heavy atom. The summed E-state index contributed by atoms with van der Waals surface area (Å²) in [5.74, 6) is 0. The molecule has 0 saturated carbocycles. The van der Waals surface area contributed by atoms with Gasteiger partial charge >= 0.3 is 0 Å². The lowest BCUT2D eigenvalue weighted by atomic mass is 10.1. The molecule has 0 aromatic heterocycles. The van der Waals surface area contributed by atoms with Gasteiger partial charge in [0, 0.05) is 10.1 Å². The fourth-order valence-electron chi connectivity index (χ4n) is 2.09. The molecule has 0 aliphatic heterocycles. The summed E-state index contributed by atoms with van der Waals surface area (Å²) < 4.78 is 1.21. The average molecular weight is 375 g/mol. The summed E-state index contributed by atoms with van der Waals surface area (Å²) in [5.41, 5.74) is 1.03. The van der Waals surface area contributed by atoms with Crippen molar-refractivity contribution < 1.29 is 5.11 Å². The molecule has 3 heteroatoms. The molecule has 0 heterocycles. The van der Waals surface area contributed by atoms with Gasteiger partial charge in [-0.3, -0.25) is 0 Å². The first-order chi connectivity index (χ1) is 9.17. The number of hydrogen-bond donors (Lipinski definition) is 1. The topological polar surface area (TPSA) is 23.5 Å². The van der Waals surface area contributed by atoms with Crippen molar-refractivity contribution in [1.82, 2.24) is 4.90 Å². The average Bonchev–Trinajstić information content (AvgIpc) is 2.42. The van der Waals surface area contributed by atoms with Gasteiger partial charge in [0.25, 0.3) is 0 Å². The van der Waals surface area contributed by atoms with Crippen LogP contribution in [0.1, 0.15) is 51.2 Å². The first-order valence-electron chi connectivity index (χ1n) is 7.33. The zero-order valence-corrected chi connectivity index (χ0v) is 14.3. The minimum atomic E-state index is -0.370. The molecule has 0 aliphatic rings. The van der Waals surface area contributed by atoms with Gasteiger partial charge in [0.15, 0.2) is 0 Å². The van der Waals surface area contributed by atoms with E-state index in [1.165, 1.54) is 29.3 Å². The molecule has 0 saturated heterocycles. The van der Waals surface area contributed by atoms with E-state index in [2.05, 4.69) is 53.5 Å². The van der Waals surface area contributed by atoms with Crippen LogP contribution in [0.3, 0.4) is 0 Å². The summed E-state index contributed by atoms with van der Waals surface area (Å²) in [6.45, 7) is 7.37. The Kier molecular flexibility index (Phi) is 8.66. The molecule has 2 nitrogen and oxygen atoms in total. The van der Waals surface area contributed by atoms with Crippen LogP contribution < -0.4 is 0 Å². The highest BCUT2D eigenvalue weighted by atomic mass is 127.